The van der Waals surface area contributed by atoms with Gasteiger partial charge < -0.3 is 10.6 Å². The van der Waals surface area contributed by atoms with Crippen LogP contribution in [-0.2, 0) is 4.79 Å². The van der Waals surface area contributed by atoms with Crippen molar-refractivity contribution in [1.82, 2.24) is 4.90 Å². The minimum atomic E-state index is -0.183. The molecule has 0 aromatic carbocycles. The molecule has 1 aliphatic heterocycles. The van der Waals surface area contributed by atoms with Crippen molar-refractivity contribution < 1.29 is 4.79 Å². The van der Waals surface area contributed by atoms with Gasteiger partial charge in [0.15, 0.2) is 0 Å². The van der Waals surface area contributed by atoms with Crippen LogP contribution in [0, 0.1) is 5.92 Å². The summed E-state index contributed by atoms with van der Waals surface area (Å²) < 4.78 is 0. The maximum Gasteiger partial charge on any atom is 0.224 e. The van der Waals surface area contributed by atoms with Gasteiger partial charge in [-0.3, -0.25) is 4.79 Å². The van der Waals surface area contributed by atoms with E-state index in [4.69, 9.17) is 5.73 Å². The number of nitrogens with two attached hydrogens (primary N) is 1. The van der Waals surface area contributed by atoms with E-state index in [-0.39, 0.29) is 11.4 Å². The van der Waals surface area contributed by atoms with Gasteiger partial charge in [-0.1, -0.05) is 19.8 Å². The van der Waals surface area contributed by atoms with Crippen LogP contribution in [0.15, 0.2) is 0 Å². The van der Waals surface area contributed by atoms with Crippen molar-refractivity contribution in [2.45, 2.75) is 57.4 Å². The molecule has 1 atom stereocenters. The second-order valence-corrected chi connectivity index (χ2v) is 5.83. The smallest absolute Gasteiger partial charge is 0.224 e. The Labute approximate surface area is 98.4 Å². The average molecular weight is 224 g/mol. The fourth-order valence-electron chi connectivity index (χ4n) is 3.08. The molecule has 2 N–H and O–H groups in total. The van der Waals surface area contributed by atoms with Crippen LogP contribution < -0.4 is 5.73 Å². The third-order valence-corrected chi connectivity index (χ3v) is 4.11. The van der Waals surface area contributed by atoms with Gasteiger partial charge in [0.25, 0.3) is 0 Å². The Kier molecular flexibility index (Phi) is 3.53. The van der Waals surface area contributed by atoms with Crippen molar-refractivity contribution in [3.63, 3.8) is 0 Å². The standard InChI is InChI=1S/C13H24N2O/c1-11-5-4-8-15(10-11)12(16)9-13(14)6-2-3-7-13/h11H,2-10,14H2,1H3. The maximum absolute atomic E-state index is 12.2. The molecule has 92 valence electrons. The Hall–Kier alpha value is -0.570. The predicted molar refractivity (Wildman–Crippen MR) is 65.0 cm³/mol. The quantitative estimate of drug-likeness (QED) is 0.778. The molecular weight excluding hydrogens is 200 g/mol. The van der Waals surface area contributed by atoms with Crippen LogP contribution in [0.1, 0.15) is 51.9 Å². The van der Waals surface area contributed by atoms with Crippen molar-refractivity contribution in [1.29, 1.82) is 0 Å². The number of carbonyl (C=O) groups excluding carboxylic acids is 1. The summed E-state index contributed by atoms with van der Waals surface area (Å²) in [6, 6.07) is 0. The molecule has 0 aromatic rings. The van der Waals surface area contributed by atoms with Crippen molar-refractivity contribution >= 4 is 5.91 Å². The lowest BCUT2D eigenvalue weighted by Crippen LogP contribution is -2.46. The second-order valence-electron chi connectivity index (χ2n) is 5.83. The zero-order chi connectivity index (χ0) is 11.6. The van der Waals surface area contributed by atoms with E-state index < -0.39 is 0 Å². The molecule has 0 aromatic heterocycles. The molecule has 1 amide bonds. The number of rotatable bonds is 2. The van der Waals surface area contributed by atoms with Gasteiger partial charge in [0.2, 0.25) is 5.91 Å². The highest BCUT2D eigenvalue weighted by Gasteiger charge is 2.33. The summed E-state index contributed by atoms with van der Waals surface area (Å²) in [5.41, 5.74) is 6.07. The van der Waals surface area contributed by atoms with Crippen molar-refractivity contribution in [3.8, 4) is 0 Å². The minimum Gasteiger partial charge on any atom is -0.342 e. The molecule has 1 saturated carbocycles. The van der Waals surface area contributed by atoms with Gasteiger partial charge in [0.05, 0.1) is 0 Å². The molecule has 16 heavy (non-hydrogen) atoms. The van der Waals surface area contributed by atoms with E-state index in [1.165, 1.54) is 19.3 Å². The van der Waals surface area contributed by atoms with Crippen LogP contribution in [0.5, 0.6) is 0 Å². The molecule has 2 aliphatic rings. The first-order valence-electron chi connectivity index (χ1n) is 6.66. The summed E-state index contributed by atoms with van der Waals surface area (Å²) in [4.78, 5) is 14.2. The van der Waals surface area contributed by atoms with Crippen LogP contribution in [-0.4, -0.2) is 29.4 Å². The number of hydrogen-bond acceptors (Lipinski definition) is 2. The van der Waals surface area contributed by atoms with E-state index in [2.05, 4.69) is 6.92 Å². The first-order chi connectivity index (χ1) is 7.59. The number of likely N-dealkylation sites (tertiary alicyclic amines) is 1. The zero-order valence-electron chi connectivity index (χ0n) is 10.4. The number of nitrogens with zero attached hydrogens (tertiary/aromatic N) is 1. The van der Waals surface area contributed by atoms with Crippen molar-refractivity contribution in [2.24, 2.45) is 11.7 Å². The van der Waals surface area contributed by atoms with Gasteiger partial charge in [0, 0.05) is 25.0 Å². The number of amides is 1. The zero-order valence-corrected chi connectivity index (χ0v) is 10.4. The van der Waals surface area contributed by atoms with E-state index in [0.29, 0.717) is 12.3 Å². The third-order valence-electron chi connectivity index (χ3n) is 4.11. The van der Waals surface area contributed by atoms with Gasteiger partial charge in [-0.05, 0) is 31.6 Å². The number of hydrogen-bond donors (Lipinski definition) is 1. The molecule has 0 spiro atoms. The topological polar surface area (TPSA) is 46.3 Å². The molecule has 2 rings (SSSR count). The van der Waals surface area contributed by atoms with Crippen LogP contribution in [0.2, 0.25) is 0 Å². The Morgan fingerprint density at radius 3 is 2.69 bits per heavy atom. The summed E-state index contributed by atoms with van der Waals surface area (Å²) in [6.07, 6.45) is 7.44. The van der Waals surface area contributed by atoms with Gasteiger partial charge in [-0.25, -0.2) is 0 Å². The summed E-state index contributed by atoms with van der Waals surface area (Å²) in [5, 5.41) is 0. The fourth-order valence-corrected chi connectivity index (χ4v) is 3.08. The maximum atomic E-state index is 12.2. The Balaban J connectivity index is 1.87. The average Bonchev–Trinajstić information content (AvgIpc) is 2.65. The highest BCUT2D eigenvalue weighted by molar-refractivity contribution is 5.77. The van der Waals surface area contributed by atoms with Gasteiger partial charge in [0.1, 0.15) is 0 Å². The Morgan fingerprint density at radius 1 is 1.38 bits per heavy atom. The lowest BCUT2D eigenvalue weighted by atomic mass is 9.92. The highest BCUT2D eigenvalue weighted by atomic mass is 16.2. The Bertz CT molecular complexity index is 259. The fraction of sp³-hybridized carbons (Fsp3) is 0.923. The molecule has 3 heteroatoms. The second kappa shape index (κ2) is 4.74. The number of piperidine rings is 1. The predicted octanol–water partition coefficient (Wildman–Crippen LogP) is 1.91. The lowest BCUT2D eigenvalue weighted by molar-refractivity contribution is -0.134. The van der Waals surface area contributed by atoms with Gasteiger partial charge in [-0.2, -0.15) is 0 Å². The first-order valence-corrected chi connectivity index (χ1v) is 6.66. The number of carbonyl (C=O) groups is 1. The minimum absolute atomic E-state index is 0.183. The van der Waals surface area contributed by atoms with Gasteiger partial charge in [-0.15, -0.1) is 0 Å². The molecule has 3 nitrogen and oxygen atoms in total. The molecule has 0 radical (unpaired) electrons. The van der Waals surface area contributed by atoms with Crippen LogP contribution in [0.3, 0.4) is 0 Å². The van der Waals surface area contributed by atoms with E-state index in [1.54, 1.807) is 0 Å². The highest BCUT2D eigenvalue weighted by Crippen LogP contribution is 2.31. The first kappa shape index (κ1) is 11.9. The largest absolute Gasteiger partial charge is 0.342 e. The molecule has 0 bridgehead atoms. The molecule has 1 unspecified atom stereocenters. The third kappa shape index (κ3) is 2.76. The monoisotopic (exact) mass is 224 g/mol. The van der Waals surface area contributed by atoms with E-state index >= 15 is 0 Å². The van der Waals surface area contributed by atoms with E-state index in [9.17, 15) is 4.79 Å². The molecule has 1 saturated heterocycles. The normalized spacial score (nSPS) is 29.4. The summed E-state index contributed by atoms with van der Waals surface area (Å²) in [5.74, 6) is 0.950. The van der Waals surface area contributed by atoms with Gasteiger partial charge >= 0.3 is 0 Å². The lowest BCUT2D eigenvalue weighted by Gasteiger charge is -2.33. The SMILES string of the molecule is CC1CCCN(C(=O)CC2(N)CCCC2)C1. The van der Waals surface area contributed by atoms with E-state index in [1.807, 2.05) is 4.90 Å². The molecular formula is C13H24N2O. The summed E-state index contributed by atoms with van der Waals surface area (Å²) in [6.45, 7) is 4.11. The van der Waals surface area contributed by atoms with E-state index in [0.717, 1.165) is 32.4 Å². The van der Waals surface area contributed by atoms with Crippen LogP contribution >= 0.6 is 0 Å². The molecule has 1 heterocycles. The molecule has 1 aliphatic carbocycles. The van der Waals surface area contributed by atoms with Crippen molar-refractivity contribution in [2.75, 3.05) is 13.1 Å². The summed E-state index contributed by atoms with van der Waals surface area (Å²) in [7, 11) is 0. The molecule has 2 fully saturated rings. The summed E-state index contributed by atoms with van der Waals surface area (Å²) >= 11 is 0. The Morgan fingerprint density at radius 2 is 2.06 bits per heavy atom. The van der Waals surface area contributed by atoms with Crippen LogP contribution in [0.25, 0.3) is 0 Å². The van der Waals surface area contributed by atoms with Crippen LogP contribution in [0.4, 0.5) is 0 Å². The van der Waals surface area contributed by atoms with Crippen molar-refractivity contribution in [3.05, 3.63) is 0 Å².